The van der Waals surface area contributed by atoms with Crippen molar-refractivity contribution in [2.24, 2.45) is 0 Å². The van der Waals surface area contributed by atoms with Crippen LogP contribution in [0.5, 0.6) is 0 Å². The summed E-state index contributed by atoms with van der Waals surface area (Å²) in [7, 11) is 2.06. The second-order valence-corrected chi connectivity index (χ2v) is 5.38. The highest BCUT2D eigenvalue weighted by Gasteiger charge is 2.04. The molecule has 0 aliphatic heterocycles. The Morgan fingerprint density at radius 1 is 0.619 bits per heavy atom. The van der Waals surface area contributed by atoms with Gasteiger partial charge in [0.25, 0.3) is 0 Å². The summed E-state index contributed by atoms with van der Waals surface area (Å²) in [4.78, 5) is 2.14. The van der Waals surface area contributed by atoms with Crippen LogP contribution in [-0.2, 0) is 0 Å². The number of rotatable bonds is 3. The van der Waals surface area contributed by atoms with E-state index in [4.69, 9.17) is 11.6 Å². The van der Waals surface area contributed by atoms with E-state index in [0.29, 0.717) is 0 Å². The van der Waals surface area contributed by atoms with Crippen molar-refractivity contribution in [1.82, 2.24) is 0 Å². The van der Waals surface area contributed by atoms with Crippen molar-refractivity contribution < 1.29 is 0 Å². The number of hydrogen-bond donors (Lipinski definition) is 0. The number of benzene rings is 3. The molecule has 0 unspecified atom stereocenters. The Hall–Kier alpha value is -2.25. The fraction of sp³-hybridized carbons (Fsp3) is 0.0526. The zero-order valence-electron chi connectivity index (χ0n) is 11.8. The van der Waals surface area contributed by atoms with E-state index in [1.807, 2.05) is 30.3 Å². The lowest BCUT2D eigenvalue weighted by molar-refractivity contribution is 1.21. The van der Waals surface area contributed by atoms with Crippen molar-refractivity contribution in [2.75, 3.05) is 11.9 Å². The summed E-state index contributed by atoms with van der Waals surface area (Å²) in [6, 6.07) is 26.8. The summed E-state index contributed by atoms with van der Waals surface area (Å²) < 4.78 is 0. The predicted octanol–water partition coefficient (Wildman–Crippen LogP) is 5.77. The second-order valence-electron chi connectivity index (χ2n) is 4.95. The molecular formula is C19H16ClN. The predicted molar refractivity (Wildman–Crippen MR) is 91.4 cm³/mol. The third-order valence-corrected chi connectivity index (χ3v) is 3.83. The van der Waals surface area contributed by atoms with Gasteiger partial charge in [0, 0.05) is 23.4 Å². The lowest BCUT2D eigenvalue weighted by atomic mass is 10.1. The molecule has 3 aromatic rings. The molecule has 0 aromatic heterocycles. The number of anilines is 2. The SMILES string of the molecule is CN(c1ccc(Cl)cc1)c1ccc(-c2ccccc2)cc1. The Balaban J connectivity index is 1.85. The van der Waals surface area contributed by atoms with Gasteiger partial charge in [0.15, 0.2) is 0 Å². The number of nitrogens with zero attached hydrogens (tertiary/aromatic N) is 1. The molecule has 0 fully saturated rings. The average molecular weight is 294 g/mol. The monoisotopic (exact) mass is 293 g/mol. The molecule has 0 saturated heterocycles. The lowest BCUT2D eigenvalue weighted by Gasteiger charge is -2.20. The van der Waals surface area contributed by atoms with Crippen molar-refractivity contribution in [1.29, 1.82) is 0 Å². The van der Waals surface area contributed by atoms with Crippen LogP contribution >= 0.6 is 11.6 Å². The van der Waals surface area contributed by atoms with Gasteiger partial charge in [0.05, 0.1) is 0 Å². The summed E-state index contributed by atoms with van der Waals surface area (Å²) in [5.41, 5.74) is 4.73. The van der Waals surface area contributed by atoms with Crippen LogP contribution in [0.4, 0.5) is 11.4 Å². The van der Waals surface area contributed by atoms with E-state index >= 15 is 0 Å². The van der Waals surface area contributed by atoms with Crippen molar-refractivity contribution >= 4 is 23.0 Å². The molecule has 0 atom stereocenters. The highest BCUT2D eigenvalue weighted by atomic mass is 35.5. The van der Waals surface area contributed by atoms with Gasteiger partial charge in [-0.2, -0.15) is 0 Å². The summed E-state index contributed by atoms with van der Waals surface area (Å²) >= 11 is 5.93. The number of halogens is 1. The molecule has 0 saturated carbocycles. The molecule has 0 N–H and O–H groups in total. The first kappa shape index (κ1) is 13.7. The fourth-order valence-corrected chi connectivity index (χ4v) is 2.45. The standard InChI is InChI=1S/C19H16ClN/c1-21(19-13-9-17(20)10-14-19)18-11-7-16(8-12-18)15-5-3-2-4-6-15/h2-14H,1H3. The molecule has 1 nitrogen and oxygen atoms in total. The Bertz CT molecular complexity index is 703. The maximum absolute atomic E-state index is 5.93. The molecule has 2 heteroatoms. The molecule has 21 heavy (non-hydrogen) atoms. The van der Waals surface area contributed by atoms with E-state index in [9.17, 15) is 0 Å². The van der Waals surface area contributed by atoms with Crippen molar-refractivity contribution in [3.05, 3.63) is 83.9 Å². The molecule has 0 radical (unpaired) electrons. The van der Waals surface area contributed by atoms with Crippen LogP contribution in [0, 0.1) is 0 Å². The van der Waals surface area contributed by atoms with Gasteiger partial charge in [-0.05, 0) is 47.5 Å². The van der Waals surface area contributed by atoms with E-state index in [1.54, 1.807) is 0 Å². The Morgan fingerprint density at radius 3 is 1.67 bits per heavy atom. The van der Waals surface area contributed by atoms with E-state index in [1.165, 1.54) is 11.1 Å². The van der Waals surface area contributed by atoms with E-state index < -0.39 is 0 Å². The van der Waals surface area contributed by atoms with Gasteiger partial charge in [-0.1, -0.05) is 54.1 Å². The van der Waals surface area contributed by atoms with Crippen molar-refractivity contribution in [3.8, 4) is 11.1 Å². The topological polar surface area (TPSA) is 3.24 Å². The minimum Gasteiger partial charge on any atom is -0.345 e. The molecule has 0 heterocycles. The summed E-state index contributed by atoms with van der Waals surface area (Å²) in [5, 5.41) is 0.756. The third kappa shape index (κ3) is 3.09. The van der Waals surface area contributed by atoms with E-state index in [2.05, 4.69) is 60.5 Å². The van der Waals surface area contributed by atoms with Crippen molar-refractivity contribution in [3.63, 3.8) is 0 Å². The van der Waals surface area contributed by atoms with Gasteiger partial charge in [-0.25, -0.2) is 0 Å². The van der Waals surface area contributed by atoms with Crippen LogP contribution in [-0.4, -0.2) is 7.05 Å². The normalized spacial score (nSPS) is 10.4. The Morgan fingerprint density at radius 2 is 1.10 bits per heavy atom. The van der Waals surface area contributed by atoms with Crippen LogP contribution in [0.3, 0.4) is 0 Å². The molecule has 0 aliphatic carbocycles. The third-order valence-electron chi connectivity index (χ3n) is 3.58. The Kier molecular flexibility index (Phi) is 3.94. The smallest absolute Gasteiger partial charge is 0.0409 e. The largest absolute Gasteiger partial charge is 0.345 e. The van der Waals surface area contributed by atoms with Crippen LogP contribution < -0.4 is 4.90 Å². The van der Waals surface area contributed by atoms with Gasteiger partial charge in [-0.15, -0.1) is 0 Å². The van der Waals surface area contributed by atoms with Gasteiger partial charge in [0.2, 0.25) is 0 Å². The molecule has 0 bridgehead atoms. The molecule has 0 amide bonds. The zero-order valence-corrected chi connectivity index (χ0v) is 12.6. The first-order valence-corrected chi connectivity index (χ1v) is 7.26. The fourth-order valence-electron chi connectivity index (χ4n) is 2.32. The quantitative estimate of drug-likeness (QED) is 0.592. The molecular weight excluding hydrogens is 278 g/mol. The second kappa shape index (κ2) is 6.02. The summed E-state index contributed by atoms with van der Waals surface area (Å²) in [6.45, 7) is 0. The summed E-state index contributed by atoms with van der Waals surface area (Å²) in [6.07, 6.45) is 0. The molecule has 3 rings (SSSR count). The number of hydrogen-bond acceptors (Lipinski definition) is 1. The van der Waals surface area contributed by atoms with Crippen LogP contribution in [0.25, 0.3) is 11.1 Å². The molecule has 3 aromatic carbocycles. The first-order chi connectivity index (χ1) is 10.2. The van der Waals surface area contributed by atoms with Gasteiger partial charge in [-0.3, -0.25) is 0 Å². The van der Waals surface area contributed by atoms with E-state index in [0.717, 1.165) is 16.4 Å². The van der Waals surface area contributed by atoms with Crippen LogP contribution in [0.15, 0.2) is 78.9 Å². The lowest BCUT2D eigenvalue weighted by Crippen LogP contribution is -2.08. The van der Waals surface area contributed by atoms with Crippen molar-refractivity contribution in [2.45, 2.75) is 0 Å². The van der Waals surface area contributed by atoms with Gasteiger partial charge in [0.1, 0.15) is 0 Å². The Labute approximate surface area is 130 Å². The van der Waals surface area contributed by atoms with Crippen LogP contribution in [0.2, 0.25) is 5.02 Å². The zero-order chi connectivity index (χ0) is 14.7. The summed E-state index contributed by atoms with van der Waals surface area (Å²) in [5.74, 6) is 0. The molecule has 0 spiro atoms. The first-order valence-electron chi connectivity index (χ1n) is 6.89. The van der Waals surface area contributed by atoms with Crippen LogP contribution in [0.1, 0.15) is 0 Å². The average Bonchev–Trinajstić information content (AvgIpc) is 2.56. The molecule has 104 valence electrons. The molecule has 0 aliphatic rings. The maximum atomic E-state index is 5.93. The highest BCUT2D eigenvalue weighted by Crippen LogP contribution is 2.27. The minimum atomic E-state index is 0.756. The highest BCUT2D eigenvalue weighted by molar-refractivity contribution is 6.30. The van der Waals surface area contributed by atoms with Gasteiger partial charge >= 0.3 is 0 Å². The van der Waals surface area contributed by atoms with Gasteiger partial charge < -0.3 is 4.90 Å². The minimum absolute atomic E-state index is 0.756. The maximum Gasteiger partial charge on any atom is 0.0409 e. The van der Waals surface area contributed by atoms with E-state index in [-0.39, 0.29) is 0 Å².